The summed E-state index contributed by atoms with van der Waals surface area (Å²) in [5.74, 6) is 0.0945. The fraction of sp³-hybridized carbons (Fsp3) is 0.0909. The number of ether oxygens (including phenoxy) is 1. The molecule has 0 saturated carbocycles. The summed E-state index contributed by atoms with van der Waals surface area (Å²) in [5.41, 5.74) is -0.106. The van der Waals surface area contributed by atoms with Crippen molar-refractivity contribution in [2.24, 2.45) is 0 Å². The molecule has 0 radical (unpaired) electrons. The number of nitrogens with one attached hydrogen (secondary N) is 2. The fourth-order valence-corrected chi connectivity index (χ4v) is 4.65. The smallest absolute Gasteiger partial charge is 0.417 e. The highest BCUT2D eigenvalue weighted by Gasteiger charge is 2.37. The lowest BCUT2D eigenvalue weighted by atomic mass is 10.2. The van der Waals surface area contributed by atoms with Crippen molar-refractivity contribution in [1.82, 2.24) is 9.97 Å². The molecule has 0 fully saturated rings. The topological polar surface area (TPSA) is 93.2 Å². The molecule has 0 bridgehead atoms. The highest BCUT2D eigenvalue weighted by Crippen LogP contribution is 2.36. The standard InChI is InChI=1S/C22H16ClF3N4O3S/c1-33-18-11-10-13(12-15(18)23)27-20-21(29-17-8-4-3-7-16(17)28-20)30-34(31,32)19-9-5-2-6-14(19)22(24,25)26/h2-12H,1H3,(H,27,28)(H,29,30). The Morgan fingerprint density at radius 2 is 1.53 bits per heavy atom. The molecule has 3 aromatic carbocycles. The van der Waals surface area contributed by atoms with Crippen LogP contribution in [0.5, 0.6) is 5.75 Å². The second-order valence-electron chi connectivity index (χ2n) is 6.98. The van der Waals surface area contributed by atoms with E-state index in [1.54, 1.807) is 36.4 Å². The Hall–Kier alpha value is -3.57. The van der Waals surface area contributed by atoms with Gasteiger partial charge in [0.05, 0.1) is 33.6 Å². The van der Waals surface area contributed by atoms with E-state index in [4.69, 9.17) is 16.3 Å². The highest BCUT2D eigenvalue weighted by atomic mass is 35.5. The van der Waals surface area contributed by atoms with Gasteiger partial charge in [-0.05, 0) is 42.5 Å². The molecule has 0 amide bonds. The van der Waals surface area contributed by atoms with E-state index < -0.39 is 26.7 Å². The largest absolute Gasteiger partial charge is 0.495 e. The van der Waals surface area contributed by atoms with Gasteiger partial charge in [-0.2, -0.15) is 13.2 Å². The number of sulfonamides is 1. The van der Waals surface area contributed by atoms with Gasteiger partial charge in [0.25, 0.3) is 10.0 Å². The molecule has 34 heavy (non-hydrogen) atoms. The summed E-state index contributed by atoms with van der Waals surface area (Å²) in [4.78, 5) is 7.74. The van der Waals surface area contributed by atoms with Crippen molar-refractivity contribution in [1.29, 1.82) is 0 Å². The summed E-state index contributed by atoms with van der Waals surface area (Å²) in [6.07, 6.45) is -4.87. The first-order valence-corrected chi connectivity index (χ1v) is 11.5. The van der Waals surface area contributed by atoms with Gasteiger partial charge >= 0.3 is 6.18 Å². The van der Waals surface area contributed by atoms with Crippen molar-refractivity contribution in [3.8, 4) is 5.75 Å². The number of alkyl halides is 3. The first kappa shape index (κ1) is 23.6. The van der Waals surface area contributed by atoms with Crippen molar-refractivity contribution in [2.45, 2.75) is 11.1 Å². The number of methoxy groups -OCH3 is 1. The van der Waals surface area contributed by atoms with Gasteiger partial charge in [-0.1, -0.05) is 35.9 Å². The Bertz CT molecular complexity index is 1480. The van der Waals surface area contributed by atoms with Crippen molar-refractivity contribution in [3.63, 3.8) is 0 Å². The summed E-state index contributed by atoms with van der Waals surface area (Å²) in [7, 11) is -3.23. The zero-order valence-electron chi connectivity index (χ0n) is 17.4. The molecule has 0 spiro atoms. The number of hydrogen-bond donors (Lipinski definition) is 2. The lowest BCUT2D eigenvalue weighted by Gasteiger charge is -2.16. The van der Waals surface area contributed by atoms with E-state index in [1.165, 1.54) is 19.2 Å². The van der Waals surface area contributed by atoms with Crippen molar-refractivity contribution >= 4 is 50.0 Å². The molecule has 0 unspecified atom stereocenters. The van der Waals surface area contributed by atoms with E-state index in [-0.39, 0.29) is 16.7 Å². The van der Waals surface area contributed by atoms with E-state index in [1.807, 2.05) is 0 Å². The Kier molecular flexibility index (Phi) is 6.24. The maximum atomic E-state index is 13.4. The molecule has 0 aliphatic heterocycles. The Morgan fingerprint density at radius 3 is 2.15 bits per heavy atom. The molecule has 12 heteroatoms. The average molecular weight is 509 g/mol. The number of aromatic nitrogens is 2. The van der Waals surface area contributed by atoms with Crippen molar-refractivity contribution in [2.75, 3.05) is 17.1 Å². The average Bonchev–Trinajstić information content (AvgIpc) is 2.79. The molecule has 0 atom stereocenters. The van der Waals surface area contributed by atoms with Crippen LogP contribution >= 0.6 is 11.6 Å². The number of benzene rings is 3. The van der Waals surface area contributed by atoms with Crippen LogP contribution in [0, 0.1) is 0 Å². The predicted molar refractivity (Wildman–Crippen MR) is 123 cm³/mol. The molecular weight excluding hydrogens is 493 g/mol. The van der Waals surface area contributed by atoms with Gasteiger partial charge in [0.2, 0.25) is 0 Å². The zero-order chi connectivity index (χ0) is 24.5. The van der Waals surface area contributed by atoms with Crippen molar-refractivity contribution < 1.29 is 26.3 Å². The molecule has 0 aliphatic carbocycles. The van der Waals surface area contributed by atoms with Gasteiger partial charge in [-0.3, -0.25) is 4.72 Å². The fourth-order valence-electron chi connectivity index (χ4n) is 3.16. The number of halogens is 4. The summed E-state index contributed by atoms with van der Waals surface area (Å²) < 4.78 is 73.6. The molecule has 4 aromatic rings. The molecule has 1 aromatic heterocycles. The third kappa shape index (κ3) is 4.85. The number of anilines is 3. The predicted octanol–water partition coefficient (Wildman–Crippen LogP) is 5.86. The molecule has 7 nitrogen and oxygen atoms in total. The first-order valence-electron chi connectivity index (χ1n) is 9.65. The molecule has 1 heterocycles. The molecule has 4 rings (SSSR count). The SMILES string of the molecule is COc1ccc(Nc2nc3ccccc3nc2NS(=O)(=O)c2ccccc2C(F)(F)F)cc1Cl. The number of hydrogen-bond acceptors (Lipinski definition) is 6. The van der Waals surface area contributed by atoms with E-state index in [2.05, 4.69) is 20.0 Å². The molecule has 176 valence electrons. The van der Waals surface area contributed by atoms with Crippen LogP contribution in [-0.4, -0.2) is 25.5 Å². The van der Waals surface area contributed by atoms with Gasteiger partial charge in [0, 0.05) is 5.69 Å². The van der Waals surface area contributed by atoms with Crippen molar-refractivity contribution in [3.05, 3.63) is 77.3 Å². The normalized spacial score (nSPS) is 11.9. The minimum absolute atomic E-state index is 0.0343. The summed E-state index contributed by atoms with van der Waals surface area (Å²) in [6, 6.07) is 15.2. The molecule has 0 aliphatic rings. The van der Waals surface area contributed by atoms with Crippen LogP contribution in [-0.2, 0) is 16.2 Å². The van der Waals surface area contributed by atoms with E-state index in [0.29, 0.717) is 28.5 Å². The van der Waals surface area contributed by atoms with Gasteiger partial charge in [0.15, 0.2) is 11.6 Å². The first-order chi connectivity index (χ1) is 16.1. The quantitative estimate of drug-likeness (QED) is 0.339. The minimum Gasteiger partial charge on any atom is -0.495 e. The number of nitrogens with zero attached hydrogens (tertiary/aromatic N) is 2. The van der Waals surface area contributed by atoms with E-state index in [9.17, 15) is 21.6 Å². The lowest BCUT2D eigenvalue weighted by Crippen LogP contribution is -2.20. The van der Waals surface area contributed by atoms with E-state index in [0.717, 1.165) is 12.1 Å². The highest BCUT2D eigenvalue weighted by molar-refractivity contribution is 7.92. The van der Waals surface area contributed by atoms with Crippen LogP contribution in [0.3, 0.4) is 0 Å². The van der Waals surface area contributed by atoms with Crippen LogP contribution in [0.25, 0.3) is 11.0 Å². The molecular formula is C22H16ClF3N4O3S. The lowest BCUT2D eigenvalue weighted by molar-refractivity contribution is -0.139. The zero-order valence-corrected chi connectivity index (χ0v) is 19.0. The summed E-state index contributed by atoms with van der Waals surface area (Å²) >= 11 is 6.16. The van der Waals surface area contributed by atoms with Crippen LogP contribution in [0.15, 0.2) is 71.6 Å². The van der Waals surface area contributed by atoms with Gasteiger partial charge < -0.3 is 10.1 Å². The monoisotopic (exact) mass is 508 g/mol. The number of para-hydroxylation sites is 2. The van der Waals surface area contributed by atoms with Gasteiger partial charge in [-0.15, -0.1) is 0 Å². The van der Waals surface area contributed by atoms with Crippen LogP contribution in [0.2, 0.25) is 5.02 Å². The number of rotatable bonds is 6. The van der Waals surface area contributed by atoms with Crippen LogP contribution in [0.1, 0.15) is 5.56 Å². The second kappa shape index (κ2) is 8.99. The Morgan fingerprint density at radius 1 is 0.912 bits per heavy atom. The summed E-state index contributed by atoms with van der Waals surface area (Å²) in [5, 5.41) is 3.19. The third-order valence-electron chi connectivity index (χ3n) is 4.70. The van der Waals surface area contributed by atoms with E-state index >= 15 is 0 Å². The maximum Gasteiger partial charge on any atom is 0.417 e. The second-order valence-corrected chi connectivity index (χ2v) is 9.04. The van der Waals surface area contributed by atoms with Crippen LogP contribution < -0.4 is 14.8 Å². The molecule has 0 saturated heterocycles. The Balaban J connectivity index is 1.80. The van der Waals surface area contributed by atoms with Gasteiger partial charge in [0.1, 0.15) is 5.75 Å². The summed E-state index contributed by atoms with van der Waals surface area (Å²) in [6.45, 7) is 0. The third-order valence-corrected chi connectivity index (χ3v) is 6.39. The van der Waals surface area contributed by atoms with Gasteiger partial charge in [-0.25, -0.2) is 18.4 Å². The Labute approximate surface area is 197 Å². The van der Waals surface area contributed by atoms with Crippen LogP contribution in [0.4, 0.5) is 30.5 Å². The number of fused-ring (bicyclic) bond motifs is 1. The minimum atomic E-state index is -4.87. The molecule has 2 N–H and O–H groups in total. The maximum absolute atomic E-state index is 13.4.